The first kappa shape index (κ1) is 36.6. The highest BCUT2D eigenvalue weighted by Crippen LogP contribution is 2.63. The Labute approximate surface area is 213 Å². The normalized spacial score (nSPS) is 15.7. The number of hydrogen-bond acceptors (Lipinski definition) is 3. The maximum absolute atomic E-state index is 13.7. The molecule has 0 fully saturated rings. The van der Waals surface area contributed by atoms with Crippen LogP contribution in [0.25, 0.3) is 0 Å². The number of alkyl halides is 15. The van der Waals surface area contributed by atoms with E-state index in [2.05, 4.69) is 15.4 Å². The highest BCUT2D eigenvalue weighted by Gasteiger charge is 2.93. The zero-order valence-electron chi connectivity index (χ0n) is 17.4. The zero-order valence-corrected chi connectivity index (χ0v) is 19.0. The van der Waals surface area contributed by atoms with E-state index in [1.54, 1.807) is 0 Å². The third-order valence-corrected chi connectivity index (χ3v) is 5.70. The second-order valence-corrected chi connectivity index (χ2v) is 9.49. The smallest absolute Gasteiger partial charge is 0.423 e. The molecule has 0 aliphatic heterocycles. The topological polar surface area (TPSA) is 43.4 Å². The van der Waals surface area contributed by atoms with E-state index in [1.807, 2.05) is 0 Å². The fourth-order valence-corrected chi connectivity index (χ4v) is 3.27. The summed E-state index contributed by atoms with van der Waals surface area (Å²) in [5, 5.41) is 0. The van der Waals surface area contributed by atoms with Crippen molar-refractivity contribution in [2.75, 3.05) is 0 Å². The maximum Gasteiger partial charge on any atom is 0.460 e. The van der Waals surface area contributed by atoms with E-state index in [1.165, 1.54) is 0 Å². The van der Waals surface area contributed by atoms with Crippen LogP contribution in [0.5, 0.6) is 5.75 Å². The minimum Gasteiger partial charge on any atom is -0.423 e. The van der Waals surface area contributed by atoms with Gasteiger partial charge in [-0.1, -0.05) is 0 Å². The van der Waals surface area contributed by atoms with E-state index in [0.29, 0.717) is 0 Å². The van der Waals surface area contributed by atoms with Crippen molar-refractivity contribution >= 4 is 19.7 Å². The highest BCUT2D eigenvalue weighted by atomic mass is 35.7. The molecule has 26 heteroatoms. The van der Waals surface area contributed by atoms with E-state index in [0.717, 1.165) is 0 Å². The summed E-state index contributed by atoms with van der Waals surface area (Å²) in [6.07, 6.45) is -7.96. The van der Waals surface area contributed by atoms with Crippen LogP contribution in [0.15, 0.2) is 16.7 Å². The molecule has 0 N–H and O–H groups in total. The minimum absolute atomic E-state index is 2.72. The molecule has 41 heavy (non-hydrogen) atoms. The summed E-state index contributed by atoms with van der Waals surface area (Å²) in [4.78, 5) is -2.78. The molecule has 0 heterocycles. The van der Waals surface area contributed by atoms with Crippen LogP contribution in [0.3, 0.4) is 0 Å². The third kappa shape index (κ3) is 5.19. The lowest BCUT2D eigenvalue weighted by atomic mass is 9.91. The van der Waals surface area contributed by atoms with Crippen molar-refractivity contribution in [3.8, 4) is 5.75 Å². The van der Waals surface area contributed by atoms with Crippen molar-refractivity contribution in [1.29, 1.82) is 0 Å². The predicted octanol–water partition coefficient (Wildman–Crippen LogP) is 8.03. The van der Waals surface area contributed by atoms with Crippen molar-refractivity contribution in [3.05, 3.63) is 35.1 Å². The van der Waals surface area contributed by atoms with Crippen LogP contribution in [0.1, 0.15) is 0 Å². The van der Waals surface area contributed by atoms with Crippen molar-refractivity contribution in [1.82, 2.24) is 0 Å². The molecule has 1 rings (SSSR count). The maximum atomic E-state index is 13.7. The monoisotopic (exact) mass is 694 g/mol. The van der Waals surface area contributed by atoms with Crippen LogP contribution in [0.2, 0.25) is 0 Å². The first-order valence-corrected chi connectivity index (χ1v) is 10.9. The third-order valence-electron chi connectivity index (χ3n) is 4.39. The summed E-state index contributed by atoms with van der Waals surface area (Å²) >= 11 is 0. The number of rotatable bonds is 9. The summed E-state index contributed by atoms with van der Waals surface area (Å²) in [7, 11) is -1.43. The molecule has 1 aromatic carbocycles. The molecule has 0 aromatic heterocycles. The first-order valence-electron chi connectivity index (χ1n) is 8.57. The van der Waals surface area contributed by atoms with Crippen LogP contribution in [-0.2, 0) is 9.05 Å². The Kier molecular flexibility index (Phi) is 8.98. The van der Waals surface area contributed by atoms with Crippen LogP contribution >= 0.6 is 10.7 Å². The van der Waals surface area contributed by atoms with Gasteiger partial charge in [0.1, 0.15) is 0 Å². The lowest BCUT2D eigenvalue weighted by molar-refractivity contribution is -0.451. The first-order chi connectivity index (χ1) is 17.7. The van der Waals surface area contributed by atoms with Gasteiger partial charge in [-0.05, 0) is 0 Å². The molecule has 0 aliphatic rings. The van der Waals surface area contributed by atoms with Crippen molar-refractivity contribution < 1.29 is 105 Å². The van der Waals surface area contributed by atoms with Crippen LogP contribution in [0, 0.1) is 23.3 Å². The Balaban J connectivity index is 3.81. The molecular formula is C15ClF21O3S. The van der Waals surface area contributed by atoms with Crippen molar-refractivity contribution in [3.63, 3.8) is 0 Å². The number of ether oxygens (including phenoxy) is 1. The second kappa shape index (κ2) is 10.1. The van der Waals surface area contributed by atoms with Crippen LogP contribution in [0.4, 0.5) is 92.2 Å². The lowest BCUT2D eigenvalue weighted by Gasteiger charge is -2.41. The Bertz CT molecular complexity index is 1320. The molecular weight excluding hydrogens is 695 g/mol. The lowest BCUT2D eigenvalue weighted by Crippen LogP contribution is -2.72. The van der Waals surface area contributed by atoms with E-state index in [4.69, 9.17) is 0 Å². The van der Waals surface area contributed by atoms with Crippen molar-refractivity contribution in [2.24, 2.45) is 0 Å². The summed E-state index contributed by atoms with van der Waals surface area (Å²) < 4.78 is 303. The fourth-order valence-electron chi connectivity index (χ4n) is 2.26. The molecule has 0 unspecified atom stereocenters. The van der Waals surface area contributed by atoms with Gasteiger partial charge in [0.25, 0.3) is 9.05 Å². The van der Waals surface area contributed by atoms with E-state index < -0.39 is 96.5 Å². The number of allylic oxidation sites excluding steroid dienone is 1. The standard InChI is InChI=1S/C15ClF21O3S/c16-41(38,39)6-3(19)1(17)5(2(18)4(6)20)40-8(22)7(21)9(23,24)10(25,26)11(27,28)12(29,30)13(31,32)14(33,34)15(35,36)37. The van der Waals surface area contributed by atoms with E-state index >= 15 is 0 Å². The number of halogens is 22. The van der Waals surface area contributed by atoms with Crippen molar-refractivity contribution in [2.45, 2.75) is 46.6 Å². The van der Waals surface area contributed by atoms with E-state index in [-0.39, 0.29) is 0 Å². The average Bonchev–Trinajstić information content (AvgIpc) is 2.77. The van der Waals surface area contributed by atoms with Gasteiger partial charge >= 0.3 is 47.7 Å². The largest absolute Gasteiger partial charge is 0.460 e. The van der Waals surface area contributed by atoms with Gasteiger partial charge in [-0.25, -0.2) is 17.2 Å². The van der Waals surface area contributed by atoms with Gasteiger partial charge in [-0.2, -0.15) is 83.4 Å². The van der Waals surface area contributed by atoms with Gasteiger partial charge in [0, 0.05) is 10.7 Å². The Morgan fingerprint density at radius 2 is 0.878 bits per heavy atom. The number of hydrogen-bond donors (Lipinski definition) is 0. The Hall–Kier alpha value is -2.47. The molecule has 0 radical (unpaired) electrons. The molecule has 0 saturated carbocycles. The highest BCUT2D eigenvalue weighted by molar-refractivity contribution is 8.13. The van der Waals surface area contributed by atoms with Gasteiger partial charge in [0.05, 0.1) is 0 Å². The van der Waals surface area contributed by atoms with Crippen LogP contribution in [-0.4, -0.2) is 50.1 Å². The molecule has 0 atom stereocenters. The molecule has 3 nitrogen and oxygen atoms in total. The summed E-state index contributed by atoms with van der Waals surface area (Å²) in [6, 6.07) is -4.46. The molecule has 1 aromatic rings. The molecule has 0 amide bonds. The second-order valence-electron chi connectivity index (χ2n) is 6.99. The minimum atomic E-state index is -8.92. The fraction of sp³-hybridized carbons (Fsp3) is 0.467. The Morgan fingerprint density at radius 3 is 1.20 bits per heavy atom. The molecule has 0 spiro atoms. The quantitative estimate of drug-likeness (QED) is 0.114. The summed E-state index contributed by atoms with van der Waals surface area (Å²) in [6.45, 7) is 0. The molecule has 238 valence electrons. The van der Waals surface area contributed by atoms with Gasteiger partial charge in [-0.3, -0.25) is 0 Å². The zero-order chi connectivity index (χ0) is 33.3. The van der Waals surface area contributed by atoms with Gasteiger partial charge in [0.15, 0.2) is 16.5 Å². The number of benzene rings is 1. The molecule has 0 aliphatic carbocycles. The van der Waals surface area contributed by atoms with Gasteiger partial charge < -0.3 is 4.74 Å². The summed E-state index contributed by atoms with van der Waals surface area (Å²) in [5.74, 6) is -73.4. The summed E-state index contributed by atoms with van der Waals surface area (Å²) in [5.41, 5.74) is 0. The average molecular weight is 695 g/mol. The predicted molar refractivity (Wildman–Crippen MR) is 84.9 cm³/mol. The van der Waals surface area contributed by atoms with E-state index in [9.17, 15) is 101 Å². The SMILES string of the molecule is O=S(=O)(Cl)c1c(F)c(F)c(OC(F)=C(F)C(F)(F)C(F)(F)C(F)(F)C(F)(F)C(F)(F)C(F)(F)C(F)(F)F)c(F)c1F. The van der Waals surface area contributed by atoms with Crippen LogP contribution < -0.4 is 4.74 Å². The van der Waals surface area contributed by atoms with Gasteiger partial charge in [-0.15, -0.1) is 0 Å². The van der Waals surface area contributed by atoms with Gasteiger partial charge in [0.2, 0.25) is 23.2 Å². The Morgan fingerprint density at radius 1 is 0.561 bits per heavy atom. The molecule has 0 saturated heterocycles. The molecule has 0 bridgehead atoms.